The second-order valence-electron chi connectivity index (χ2n) is 6.17. The minimum atomic E-state index is 0.218. The molecule has 2 atom stereocenters. The lowest BCUT2D eigenvalue weighted by molar-refractivity contribution is 0.402. The lowest BCUT2D eigenvalue weighted by atomic mass is 9.95. The summed E-state index contributed by atoms with van der Waals surface area (Å²) in [7, 11) is 0. The Kier molecular flexibility index (Phi) is 4.50. The van der Waals surface area contributed by atoms with Crippen LogP contribution in [0.15, 0.2) is 11.6 Å². The summed E-state index contributed by atoms with van der Waals surface area (Å²) in [4.78, 5) is 8.50. The minimum absolute atomic E-state index is 0.218. The molecule has 3 rings (SSSR count). The van der Waals surface area contributed by atoms with E-state index in [4.69, 9.17) is 10.7 Å². The molecule has 2 aromatic heterocycles. The zero-order chi connectivity index (χ0) is 14.8. The Labute approximate surface area is 131 Å². The molecule has 1 fully saturated rings. The number of aromatic nitrogens is 2. The molecule has 116 valence electrons. The van der Waals surface area contributed by atoms with Crippen LogP contribution in [0, 0.1) is 5.92 Å². The lowest BCUT2D eigenvalue weighted by Gasteiger charge is -2.33. The molecule has 0 aromatic carbocycles. The van der Waals surface area contributed by atoms with Crippen LogP contribution < -0.4 is 10.6 Å². The molecular formula is C16H26N4S. The highest BCUT2D eigenvalue weighted by Crippen LogP contribution is 2.30. The number of fused-ring (bicyclic) bond motifs is 1. The van der Waals surface area contributed by atoms with Crippen molar-refractivity contribution in [2.24, 2.45) is 11.7 Å². The molecule has 5 heteroatoms. The number of piperidine rings is 1. The number of nitrogens with two attached hydrogens (primary N) is 1. The van der Waals surface area contributed by atoms with Gasteiger partial charge in [0.2, 0.25) is 0 Å². The van der Waals surface area contributed by atoms with Crippen LogP contribution in [-0.4, -0.2) is 28.5 Å². The highest BCUT2D eigenvalue weighted by atomic mass is 32.1. The van der Waals surface area contributed by atoms with Crippen LogP contribution in [0.2, 0.25) is 0 Å². The third-order valence-corrected chi connectivity index (χ3v) is 5.47. The minimum Gasteiger partial charge on any atom is -0.355 e. The van der Waals surface area contributed by atoms with Gasteiger partial charge in [-0.05, 0) is 25.2 Å². The van der Waals surface area contributed by atoms with Gasteiger partial charge in [0.25, 0.3) is 0 Å². The van der Waals surface area contributed by atoms with Crippen molar-refractivity contribution in [1.29, 1.82) is 0 Å². The van der Waals surface area contributed by atoms with E-state index in [-0.39, 0.29) is 6.04 Å². The van der Waals surface area contributed by atoms with Crippen molar-refractivity contribution in [2.45, 2.75) is 52.0 Å². The second kappa shape index (κ2) is 6.36. The van der Waals surface area contributed by atoms with E-state index < -0.39 is 0 Å². The van der Waals surface area contributed by atoms with Gasteiger partial charge in [0, 0.05) is 37.1 Å². The number of hydrogen-bond acceptors (Lipinski definition) is 4. The van der Waals surface area contributed by atoms with Gasteiger partial charge in [0.15, 0.2) is 10.8 Å². The highest BCUT2D eigenvalue weighted by molar-refractivity contribution is 7.15. The van der Waals surface area contributed by atoms with E-state index in [0.717, 1.165) is 36.8 Å². The molecular weight excluding hydrogens is 280 g/mol. The van der Waals surface area contributed by atoms with Gasteiger partial charge in [-0.3, -0.25) is 4.40 Å². The molecule has 0 spiro atoms. The number of anilines is 1. The van der Waals surface area contributed by atoms with E-state index in [9.17, 15) is 0 Å². The predicted molar refractivity (Wildman–Crippen MR) is 90.3 cm³/mol. The molecule has 2 N–H and O–H groups in total. The average Bonchev–Trinajstić information content (AvgIpc) is 3.09. The first-order valence-electron chi connectivity index (χ1n) is 8.17. The van der Waals surface area contributed by atoms with Crippen molar-refractivity contribution < 1.29 is 0 Å². The van der Waals surface area contributed by atoms with E-state index >= 15 is 0 Å². The number of hydrogen-bond donors (Lipinski definition) is 1. The first kappa shape index (κ1) is 14.9. The van der Waals surface area contributed by atoms with Crippen LogP contribution in [0.25, 0.3) is 4.96 Å². The quantitative estimate of drug-likeness (QED) is 0.922. The van der Waals surface area contributed by atoms with Crippen LogP contribution in [0.1, 0.15) is 45.2 Å². The van der Waals surface area contributed by atoms with Crippen LogP contribution in [0.5, 0.6) is 0 Å². The van der Waals surface area contributed by atoms with Crippen molar-refractivity contribution in [3.63, 3.8) is 0 Å². The van der Waals surface area contributed by atoms with Gasteiger partial charge in [0.1, 0.15) is 0 Å². The predicted octanol–water partition coefficient (Wildman–Crippen LogP) is 3.30. The summed E-state index contributed by atoms with van der Waals surface area (Å²) in [5, 5.41) is 2.11. The maximum absolute atomic E-state index is 6.22. The van der Waals surface area contributed by atoms with Crippen molar-refractivity contribution in [3.8, 4) is 0 Å². The van der Waals surface area contributed by atoms with E-state index in [1.54, 1.807) is 11.3 Å². The summed E-state index contributed by atoms with van der Waals surface area (Å²) in [6.45, 7) is 6.74. The first-order chi connectivity index (χ1) is 10.2. The van der Waals surface area contributed by atoms with Gasteiger partial charge in [-0.25, -0.2) is 4.98 Å². The van der Waals surface area contributed by atoms with E-state index in [1.165, 1.54) is 30.8 Å². The number of thiazole rings is 1. The van der Waals surface area contributed by atoms with Crippen LogP contribution >= 0.6 is 11.3 Å². The van der Waals surface area contributed by atoms with Crippen LogP contribution in [0.3, 0.4) is 0 Å². The van der Waals surface area contributed by atoms with Crippen LogP contribution in [-0.2, 0) is 6.42 Å². The van der Waals surface area contributed by atoms with E-state index in [1.807, 2.05) is 0 Å². The van der Waals surface area contributed by atoms with Gasteiger partial charge in [-0.15, -0.1) is 11.3 Å². The molecule has 0 amide bonds. The summed E-state index contributed by atoms with van der Waals surface area (Å²) < 4.78 is 2.24. The largest absolute Gasteiger partial charge is 0.355 e. The third kappa shape index (κ3) is 2.94. The fourth-order valence-corrected chi connectivity index (χ4v) is 3.98. The first-order valence-corrected chi connectivity index (χ1v) is 9.05. The fraction of sp³-hybridized carbons (Fsp3) is 0.688. The molecule has 0 aliphatic carbocycles. The Morgan fingerprint density at radius 1 is 1.48 bits per heavy atom. The van der Waals surface area contributed by atoms with Gasteiger partial charge < -0.3 is 10.6 Å². The second-order valence-corrected chi connectivity index (χ2v) is 7.05. The summed E-state index contributed by atoms with van der Waals surface area (Å²) in [5.74, 6) is 2.00. The standard InChI is InChI=1S/C16H26N4S/c1-3-12-6-5-7-19(11-12)15-14(10-13(17)4-2)20-8-9-21-16(20)18-15/h8-9,12-13H,3-7,10-11,17H2,1-2H3. The smallest absolute Gasteiger partial charge is 0.195 e. The maximum Gasteiger partial charge on any atom is 0.195 e. The van der Waals surface area contributed by atoms with Gasteiger partial charge in [-0.1, -0.05) is 20.3 Å². The van der Waals surface area contributed by atoms with E-state index in [2.05, 4.69) is 34.7 Å². The average molecular weight is 306 g/mol. The third-order valence-electron chi connectivity index (χ3n) is 4.72. The SMILES string of the molecule is CCC(N)Cc1c(N2CCCC(CC)C2)nc2sccn12. The highest BCUT2D eigenvalue weighted by Gasteiger charge is 2.25. The molecule has 0 radical (unpaired) electrons. The molecule has 0 saturated carbocycles. The van der Waals surface area contributed by atoms with Gasteiger partial charge in [-0.2, -0.15) is 0 Å². The normalized spacial score (nSPS) is 21.1. The molecule has 1 aliphatic heterocycles. The van der Waals surface area contributed by atoms with Crippen molar-refractivity contribution in [1.82, 2.24) is 9.38 Å². The molecule has 2 unspecified atom stereocenters. The number of rotatable bonds is 5. The summed E-state index contributed by atoms with van der Waals surface area (Å²) >= 11 is 1.71. The topological polar surface area (TPSA) is 46.6 Å². The Hall–Kier alpha value is -1.07. The Bertz CT molecular complexity index is 588. The Morgan fingerprint density at radius 2 is 2.33 bits per heavy atom. The zero-order valence-electron chi connectivity index (χ0n) is 13.1. The molecule has 4 nitrogen and oxygen atoms in total. The van der Waals surface area contributed by atoms with Crippen molar-refractivity contribution >= 4 is 22.1 Å². The molecule has 0 bridgehead atoms. The summed E-state index contributed by atoms with van der Waals surface area (Å²) in [6.07, 6.45) is 7.96. The van der Waals surface area contributed by atoms with Crippen LogP contribution in [0.4, 0.5) is 5.82 Å². The molecule has 1 aliphatic rings. The summed E-state index contributed by atoms with van der Waals surface area (Å²) in [6, 6.07) is 0.218. The van der Waals surface area contributed by atoms with Gasteiger partial charge >= 0.3 is 0 Å². The number of imidazole rings is 1. The Balaban J connectivity index is 1.93. The van der Waals surface area contributed by atoms with Crippen molar-refractivity contribution in [3.05, 3.63) is 17.3 Å². The van der Waals surface area contributed by atoms with Gasteiger partial charge in [0.05, 0.1) is 5.69 Å². The molecule has 21 heavy (non-hydrogen) atoms. The monoisotopic (exact) mass is 306 g/mol. The fourth-order valence-electron chi connectivity index (χ4n) is 3.25. The lowest BCUT2D eigenvalue weighted by Crippen LogP contribution is -2.36. The Morgan fingerprint density at radius 3 is 3.10 bits per heavy atom. The maximum atomic E-state index is 6.22. The molecule has 1 saturated heterocycles. The van der Waals surface area contributed by atoms with E-state index in [0.29, 0.717) is 0 Å². The zero-order valence-corrected chi connectivity index (χ0v) is 13.9. The molecule has 2 aromatic rings. The molecule has 3 heterocycles. The number of nitrogens with zero attached hydrogens (tertiary/aromatic N) is 3. The summed E-state index contributed by atoms with van der Waals surface area (Å²) in [5.41, 5.74) is 7.52. The van der Waals surface area contributed by atoms with Crippen molar-refractivity contribution in [2.75, 3.05) is 18.0 Å².